The van der Waals surface area contributed by atoms with Crippen LogP contribution in [0.5, 0.6) is 0 Å². The summed E-state index contributed by atoms with van der Waals surface area (Å²) >= 11 is 8.70. The zero-order valence-electron chi connectivity index (χ0n) is 11.7. The van der Waals surface area contributed by atoms with Crippen molar-refractivity contribution in [1.29, 1.82) is 5.26 Å². The number of azide groups is 1. The van der Waals surface area contributed by atoms with Gasteiger partial charge in [0.15, 0.2) is 10.7 Å². The maximum absolute atomic E-state index is 12.3. The lowest BCUT2D eigenvalue weighted by Crippen LogP contribution is -2.52. The summed E-state index contributed by atoms with van der Waals surface area (Å²) in [4.78, 5) is 25.8. The van der Waals surface area contributed by atoms with E-state index in [1.165, 1.54) is 32.0 Å². The molecular formula is C13H11BrClN5O2. The maximum atomic E-state index is 12.3. The highest BCUT2D eigenvalue weighted by atomic mass is 79.9. The van der Waals surface area contributed by atoms with Crippen LogP contribution in [-0.4, -0.2) is 22.2 Å². The van der Waals surface area contributed by atoms with Crippen molar-refractivity contribution < 1.29 is 9.59 Å². The molecule has 0 aromatic heterocycles. The number of carbonyl (C=O) groups is 2. The number of amides is 1. The summed E-state index contributed by atoms with van der Waals surface area (Å²) in [5, 5.41) is 15.1. The Bertz CT molecular complexity index is 707. The summed E-state index contributed by atoms with van der Waals surface area (Å²) in [5.41, 5.74) is 7.24. The lowest BCUT2D eigenvalue weighted by molar-refractivity contribution is -0.123. The fourth-order valence-corrected chi connectivity index (χ4v) is 2.44. The minimum atomic E-state index is -1.30. The highest BCUT2D eigenvalue weighted by molar-refractivity contribution is 9.10. The van der Waals surface area contributed by atoms with Gasteiger partial charge in [-0.1, -0.05) is 32.6 Å². The fourth-order valence-electron chi connectivity index (χ4n) is 1.62. The molecule has 9 heteroatoms. The number of hydrogen-bond donors (Lipinski definition) is 1. The SMILES string of the molecule is CC(C)(NC(=O)c1ccc(Cl)cc1C#N)C(=O)C(Br)N=[N+]=[N-]. The summed E-state index contributed by atoms with van der Waals surface area (Å²) < 4.78 is 0. The van der Waals surface area contributed by atoms with Crippen molar-refractivity contribution in [3.05, 3.63) is 44.8 Å². The van der Waals surface area contributed by atoms with Crippen molar-refractivity contribution in [2.24, 2.45) is 5.11 Å². The molecule has 0 aliphatic carbocycles. The minimum Gasteiger partial charge on any atom is -0.340 e. The highest BCUT2D eigenvalue weighted by Crippen LogP contribution is 2.18. The number of nitriles is 1. The molecule has 1 rings (SSSR count). The van der Waals surface area contributed by atoms with Crippen LogP contribution in [0, 0.1) is 11.3 Å². The van der Waals surface area contributed by atoms with Crippen molar-refractivity contribution in [2.45, 2.75) is 24.3 Å². The molecule has 0 saturated heterocycles. The van der Waals surface area contributed by atoms with Gasteiger partial charge in [0.1, 0.15) is 6.07 Å². The fraction of sp³-hybridized carbons (Fsp3) is 0.308. The standard InChI is InChI=1S/C13H11BrClN5O2/c1-13(2,10(21)11(14)19-20-17)18-12(22)9-4-3-8(15)5-7(9)6-16/h3-5,11H,1-2H3,(H,18,22). The Kier molecular flexibility index (Phi) is 5.94. The molecule has 0 spiro atoms. The number of halogens is 2. The van der Waals surface area contributed by atoms with E-state index in [1.807, 2.05) is 6.07 Å². The molecule has 0 radical (unpaired) electrons. The van der Waals surface area contributed by atoms with Crippen LogP contribution in [0.15, 0.2) is 23.3 Å². The van der Waals surface area contributed by atoms with Crippen molar-refractivity contribution >= 4 is 39.2 Å². The zero-order valence-corrected chi connectivity index (χ0v) is 14.0. The molecular weight excluding hydrogens is 374 g/mol. The number of nitrogens with zero attached hydrogens (tertiary/aromatic N) is 4. The average Bonchev–Trinajstić information content (AvgIpc) is 2.45. The van der Waals surface area contributed by atoms with E-state index in [1.54, 1.807) is 0 Å². The molecule has 0 fully saturated rings. The number of ketones is 1. The Morgan fingerprint density at radius 2 is 2.18 bits per heavy atom. The van der Waals surface area contributed by atoms with E-state index in [2.05, 4.69) is 31.3 Å². The summed E-state index contributed by atoms with van der Waals surface area (Å²) in [6.07, 6.45) is 0. The molecule has 1 aromatic carbocycles. The van der Waals surface area contributed by atoms with Gasteiger partial charge in [0, 0.05) is 9.93 Å². The van der Waals surface area contributed by atoms with Gasteiger partial charge < -0.3 is 5.32 Å². The van der Waals surface area contributed by atoms with E-state index in [0.29, 0.717) is 5.02 Å². The van der Waals surface area contributed by atoms with Crippen molar-refractivity contribution in [2.75, 3.05) is 0 Å². The second-order valence-corrected chi connectivity index (χ2v) is 6.09. The predicted octanol–water partition coefficient (Wildman–Crippen LogP) is 3.32. The van der Waals surface area contributed by atoms with Crippen LogP contribution in [0.1, 0.15) is 29.8 Å². The van der Waals surface area contributed by atoms with Gasteiger partial charge in [-0.05, 0) is 37.6 Å². The first-order chi connectivity index (χ1) is 10.2. The van der Waals surface area contributed by atoms with Gasteiger partial charge in [-0.25, -0.2) is 0 Å². The molecule has 114 valence electrons. The average molecular weight is 385 g/mol. The minimum absolute atomic E-state index is 0.0960. The van der Waals surface area contributed by atoms with Gasteiger partial charge >= 0.3 is 0 Å². The van der Waals surface area contributed by atoms with Crippen LogP contribution in [0.2, 0.25) is 5.02 Å². The van der Waals surface area contributed by atoms with E-state index in [9.17, 15) is 9.59 Å². The largest absolute Gasteiger partial charge is 0.340 e. The Balaban J connectivity index is 3.04. The number of Topliss-reactive ketones (excluding diaryl/α,β-unsaturated/α-hetero) is 1. The van der Waals surface area contributed by atoms with E-state index >= 15 is 0 Å². The molecule has 1 amide bonds. The number of hydrogen-bond acceptors (Lipinski definition) is 4. The lowest BCUT2D eigenvalue weighted by Gasteiger charge is -2.26. The molecule has 0 aliphatic heterocycles. The normalized spacial score (nSPS) is 11.8. The van der Waals surface area contributed by atoms with Crippen molar-refractivity contribution in [3.63, 3.8) is 0 Å². The van der Waals surface area contributed by atoms with Crippen molar-refractivity contribution in [1.82, 2.24) is 5.32 Å². The number of alkyl halides is 1. The monoisotopic (exact) mass is 383 g/mol. The molecule has 0 saturated carbocycles. The zero-order chi connectivity index (χ0) is 16.9. The van der Waals surface area contributed by atoms with Crippen LogP contribution in [-0.2, 0) is 4.79 Å². The van der Waals surface area contributed by atoms with Gasteiger partial charge in [0.2, 0.25) is 0 Å². The first-order valence-electron chi connectivity index (χ1n) is 5.97. The third kappa shape index (κ3) is 4.21. The van der Waals surface area contributed by atoms with E-state index < -0.39 is 22.2 Å². The summed E-state index contributed by atoms with van der Waals surface area (Å²) in [7, 11) is 0. The molecule has 22 heavy (non-hydrogen) atoms. The smallest absolute Gasteiger partial charge is 0.253 e. The maximum Gasteiger partial charge on any atom is 0.253 e. The Labute approximate surface area is 140 Å². The molecule has 1 unspecified atom stereocenters. The number of rotatable bonds is 5. The number of nitrogens with one attached hydrogen (secondary N) is 1. The highest BCUT2D eigenvalue weighted by Gasteiger charge is 2.34. The predicted molar refractivity (Wildman–Crippen MR) is 84.6 cm³/mol. The summed E-state index contributed by atoms with van der Waals surface area (Å²) in [6.45, 7) is 2.94. The molecule has 7 nitrogen and oxygen atoms in total. The first kappa shape index (κ1) is 18.0. The summed E-state index contributed by atoms with van der Waals surface area (Å²) in [5.74, 6) is -1.13. The first-order valence-corrected chi connectivity index (χ1v) is 7.27. The topological polar surface area (TPSA) is 119 Å². The number of benzene rings is 1. The van der Waals surface area contributed by atoms with Crippen LogP contribution in [0.25, 0.3) is 10.4 Å². The van der Waals surface area contributed by atoms with Crippen LogP contribution >= 0.6 is 27.5 Å². The third-order valence-corrected chi connectivity index (χ3v) is 3.59. The quantitative estimate of drug-likeness (QED) is 0.276. The molecule has 1 N–H and O–H groups in total. The Hall–Kier alpha value is -2.07. The summed E-state index contributed by atoms with van der Waals surface area (Å²) in [6, 6.07) is 6.10. The van der Waals surface area contributed by atoms with E-state index in [0.717, 1.165) is 0 Å². The van der Waals surface area contributed by atoms with Crippen LogP contribution in [0.4, 0.5) is 0 Å². The van der Waals surface area contributed by atoms with Gasteiger partial charge in [-0.3, -0.25) is 9.59 Å². The second-order valence-electron chi connectivity index (χ2n) is 4.79. The van der Waals surface area contributed by atoms with Gasteiger partial charge in [-0.15, -0.1) is 0 Å². The molecule has 1 aromatic rings. The number of carbonyl (C=O) groups excluding carboxylic acids is 2. The van der Waals surface area contributed by atoms with Crippen molar-refractivity contribution in [3.8, 4) is 6.07 Å². The molecule has 0 aliphatic rings. The van der Waals surface area contributed by atoms with E-state index in [-0.39, 0.29) is 11.1 Å². The second kappa shape index (κ2) is 7.27. The van der Waals surface area contributed by atoms with Gasteiger partial charge in [-0.2, -0.15) is 5.26 Å². The van der Waals surface area contributed by atoms with Crippen LogP contribution in [0.3, 0.4) is 0 Å². The lowest BCUT2D eigenvalue weighted by atomic mass is 9.97. The molecule has 1 atom stereocenters. The van der Waals surface area contributed by atoms with Crippen LogP contribution < -0.4 is 5.32 Å². The van der Waals surface area contributed by atoms with Gasteiger partial charge in [0.25, 0.3) is 5.91 Å². The Morgan fingerprint density at radius 3 is 2.73 bits per heavy atom. The van der Waals surface area contributed by atoms with Gasteiger partial charge in [0.05, 0.1) is 16.7 Å². The third-order valence-electron chi connectivity index (χ3n) is 2.76. The molecule has 0 heterocycles. The Morgan fingerprint density at radius 1 is 1.55 bits per heavy atom. The van der Waals surface area contributed by atoms with E-state index in [4.69, 9.17) is 22.4 Å². The molecule has 0 bridgehead atoms.